The number of hydrogen-bond acceptors (Lipinski definition) is 5. The Kier molecular flexibility index (Phi) is 5.89. The van der Waals surface area contributed by atoms with Crippen molar-refractivity contribution < 1.29 is 14.3 Å². The van der Waals surface area contributed by atoms with Crippen molar-refractivity contribution in [3.05, 3.63) is 84.1 Å². The predicted octanol–water partition coefficient (Wildman–Crippen LogP) is 3.54. The molecule has 8 heteroatoms. The van der Waals surface area contributed by atoms with Crippen molar-refractivity contribution in [3.8, 4) is 11.3 Å². The first kappa shape index (κ1) is 20.1. The second kappa shape index (κ2) is 9.08. The number of nitrogens with one attached hydrogen (secondary N) is 2. The first-order valence-corrected chi connectivity index (χ1v) is 9.84. The summed E-state index contributed by atoms with van der Waals surface area (Å²) in [7, 11) is 0. The second-order valence-electron chi connectivity index (χ2n) is 6.75. The third-order valence-electron chi connectivity index (χ3n) is 4.65. The van der Waals surface area contributed by atoms with Crippen LogP contribution in [-0.2, 0) is 11.3 Å². The monoisotopic (exact) mass is 415 g/mol. The van der Waals surface area contributed by atoms with Crippen molar-refractivity contribution in [2.75, 3.05) is 6.61 Å². The summed E-state index contributed by atoms with van der Waals surface area (Å²) in [5.74, 6) is -0.489. The van der Waals surface area contributed by atoms with E-state index in [1.165, 1.54) is 0 Å². The van der Waals surface area contributed by atoms with E-state index in [1.54, 1.807) is 23.9 Å². The Hall–Kier alpha value is -4.20. The van der Waals surface area contributed by atoms with E-state index in [0.717, 1.165) is 11.1 Å². The number of carbonyl (C=O) groups is 2. The number of amides is 2. The molecule has 2 aromatic heterocycles. The van der Waals surface area contributed by atoms with Gasteiger partial charge in [0.25, 0.3) is 5.91 Å². The maximum atomic E-state index is 12.9. The molecule has 31 heavy (non-hydrogen) atoms. The molecule has 0 fully saturated rings. The SMILES string of the molecule is CCOC(=O)NNC(=O)c1cc(-c2ccccc2)nc2c1cnn2Cc1ccccc1. The highest BCUT2D eigenvalue weighted by Crippen LogP contribution is 2.25. The highest BCUT2D eigenvalue weighted by molar-refractivity contribution is 6.06. The zero-order chi connectivity index (χ0) is 21.6. The molecular formula is C23H21N5O3. The first-order valence-electron chi connectivity index (χ1n) is 9.84. The zero-order valence-electron chi connectivity index (χ0n) is 16.9. The van der Waals surface area contributed by atoms with Crippen molar-refractivity contribution in [1.82, 2.24) is 25.6 Å². The van der Waals surface area contributed by atoms with Crippen LogP contribution in [0.25, 0.3) is 22.3 Å². The van der Waals surface area contributed by atoms with Crippen LogP contribution in [0.2, 0.25) is 0 Å². The molecule has 4 rings (SSSR count). The first-order chi connectivity index (χ1) is 15.2. The molecule has 0 spiro atoms. The van der Waals surface area contributed by atoms with Gasteiger partial charge in [-0.2, -0.15) is 5.10 Å². The molecule has 0 aliphatic carbocycles. The third-order valence-corrected chi connectivity index (χ3v) is 4.65. The average molecular weight is 415 g/mol. The Morgan fingerprint density at radius 3 is 2.42 bits per heavy atom. The van der Waals surface area contributed by atoms with Crippen molar-refractivity contribution in [2.24, 2.45) is 0 Å². The molecule has 4 aromatic rings. The smallest absolute Gasteiger partial charge is 0.426 e. The van der Waals surface area contributed by atoms with Crippen LogP contribution < -0.4 is 10.9 Å². The summed E-state index contributed by atoms with van der Waals surface area (Å²) in [5.41, 5.74) is 8.11. The summed E-state index contributed by atoms with van der Waals surface area (Å²) in [6.45, 7) is 2.39. The standard InChI is InChI=1S/C23H21N5O3/c1-2-31-23(30)27-26-22(29)18-13-20(17-11-7-4-8-12-17)25-21-19(18)14-24-28(21)15-16-9-5-3-6-10-16/h3-14H,2,15H2,1H3,(H,26,29)(H,27,30). The van der Waals surface area contributed by atoms with Gasteiger partial charge in [0.15, 0.2) is 5.65 Å². The van der Waals surface area contributed by atoms with Gasteiger partial charge in [0.1, 0.15) is 0 Å². The Balaban J connectivity index is 1.75. The lowest BCUT2D eigenvalue weighted by Gasteiger charge is -2.10. The Labute approximate surface area is 178 Å². The number of ether oxygens (including phenoxy) is 1. The average Bonchev–Trinajstić information content (AvgIpc) is 3.21. The van der Waals surface area contributed by atoms with Crippen LogP contribution in [0.4, 0.5) is 4.79 Å². The van der Waals surface area contributed by atoms with E-state index in [-0.39, 0.29) is 6.61 Å². The van der Waals surface area contributed by atoms with Gasteiger partial charge in [-0.1, -0.05) is 60.7 Å². The van der Waals surface area contributed by atoms with Crippen LogP contribution in [-0.4, -0.2) is 33.4 Å². The summed E-state index contributed by atoms with van der Waals surface area (Å²) >= 11 is 0. The van der Waals surface area contributed by atoms with Crippen LogP contribution in [0.1, 0.15) is 22.8 Å². The highest BCUT2D eigenvalue weighted by Gasteiger charge is 2.18. The van der Waals surface area contributed by atoms with Gasteiger partial charge < -0.3 is 4.74 Å². The molecule has 0 saturated carbocycles. The predicted molar refractivity (Wildman–Crippen MR) is 116 cm³/mol. The lowest BCUT2D eigenvalue weighted by molar-refractivity contribution is 0.0914. The number of nitrogens with zero attached hydrogens (tertiary/aromatic N) is 3. The van der Waals surface area contributed by atoms with E-state index < -0.39 is 12.0 Å². The van der Waals surface area contributed by atoms with Crippen LogP contribution in [0.3, 0.4) is 0 Å². The molecule has 2 amide bonds. The summed E-state index contributed by atoms with van der Waals surface area (Å²) in [6, 6.07) is 21.1. The fourth-order valence-corrected chi connectivity index (χ4v) is 3.21. The number of aromatic nitrogens is 3. The van der Waals surface area contributed by atoms with Crippen molar-refractivity contribution in [1.29, 1.82) is 0 Å². The normalized spacial score (nSPS) is 10.6. The fraction of sp³-hybridized carbons (Fsp3) is 0.130. The van der Waals surface area contributed by atoms with Gasteiger partial charge in [-0.25, -0.2) is 19.9 Å². The van der Waals surface area contributed by atoms with E-state index in [1.807, 2.05) is 60.7 Å². The van der Waals surface area contributed by atoms with E-state index in [0.29, 0.717) is 28.8 Å². The molecule has 0 radical (unpaired) electrons. The number of benzene rings is 2. The molecule has 0 aliphatic rings. The van der Waals surface area contributed by atoms with Gasteiger partial charge >= 0.3 is 6.09 Å². The second-order valence-corrected chi connectivity index (χ2v) is 6.75. The van der Waals surface area contributed by atoms with Crippen LogP contribution >= 0.6 is 0 Å². The topological polar surface area (TPSA) is 98.1 Å². The van der Waals surface area contributed by atoms with E-state index in [2.05, 4.69) is 16.0 Å². The third kappa shape index (κ3) is 4.53. The minimum atomic E-state index is -0.732. The van der Waals surface area contributed by atoms with Crippen molar-refractivity contribution in [3.63, 3.8) is 0 Å². The van der Waals surface area contributed by atoms with Crippen molar-refractivity contribution in [2.45, 2.75) is 13.5 Å². The quantitative estimate of drug-likeness (QED) is 0.486. The van der Waals surface area contributed by atoms with Crippen molar-refractivity contribution >= 4 is 23.0 Å². The maximum absolute atomic E-state index is 12.9. The Morgan fingerprint density at radius 1 is 1.00 bits per heavy atom. The molecule has 0 bridgehead atoms. The maximum Gasteiger partial charge on any atom is 0.426 e. The lowest BCUT2D eigenvalue weighted by atomic mass is 10.1. The molecule has 0 atom stereocenters. The number of rotatable bonds is 5. The van der Waals surface area contributed by atoms with Gasteiger partial charge in [0.2, 0.25) is 0 Å². The molecule has 2 N–H and O–H groups in total. The molecule has 2 aromatic carbocycles. The van der Waals surface area contributed by atoms with Crippen LogP contribution in [0, 0.1) is 0 Å². The molecular weight excluding hydrogens is 394 g/mol. The summed E-state index contributed by atoms with van der Waals surface area (Å²) in [5, 5.41) is 5.04. The number of fused-ring (bicyclic) bond motifs is 1. The molecule has 0 aliphatic heterocycles. The van der Waals surface area contributed by atoms with E-state index in [4.69, 9.17) is 9.72 Å². The van der Waals surface area contributed by atoms with Crippen LogP contribution in [0.15, 0.2) is 72.9 Å². The van der Waals surface area contributed by atoms with Gasteiger partial charge in [-0.15, -0.1) is 0 Å². The summed E-state index contributed by atoms with van der Waals surface area (Å²) < 4.78 is 6.54. The van der Waals surface area contributed by atoms with Gasteiger partial charge in [0, 0.05) is 5.56 Å². The largest absolute Gasteiger partial charge is 0.449 e. The summed E-state index contributed by atoms with van der Waals surface area (Å²) in [4.78, 5) is 29.2. The lowest BCUT2D eigenvalue weighted by Crippen LogP contribution is -2.42. The van der Waals surface area contributed by atoms with E-state index in [9.17, 15) is 9.59 Å². The molecule has 156 valence electrons. The zero-order valence-corrected chi connectivity index (χ0v) is 16.9. The van der Waals surface area contributed by atoms with Gasteiger partial charge in [-0.05, 0) is 18.6 Å². The number of hydrogen-bond donors (Lipinski definition) is 2. The molecule has 8 nitrogen and oxygen atoms in total. The minimum Gasteiger partial charge on any atom is -0.449 e. The number of pyridine rings is 1. The van der Waals surface area contributed by atoms with Crippen LogP contribution in [0.5, 0.6) is 0 Å². The van der Waals surface area contributed by atoms with E-state index >= 15 is 0 Å². The molecule has 2 heterocycles. The number of carbonyl (C=O) groups excluding carboxylic acids is 2. The summed E-state index contributed by atoms with van der Waals surface area (Å²) in [6.07, 6.45) is 0.878. The highest BCUT2D eigenvalue weighted by atomic mass is 16.5. The minimum absolute atomic E-state index is 0.200. The van der Waals surface area contributed by atoms with Gasteiger partial charge in [0.05, 0.1) is 36.0 Å². The number of hydrazine groups is 1. The Bertz CT molecular complexity index is 1210. The molecule has 0 unspecified atom stereocenters. The Morgan fingerprint density at radius 2 is 1.71 bits per heavy atom. The fourth-order valence-electron chi connectivity index (χ4n) is 3.21. The van der Waals surface area contributed by atoms with Gasteiger partial charge in [-0.3, -0.25) is 10.2 Å². The molecule has 0 saturated heterocycles.